The Hall–Kier alpha value is -2.86. The fraction of sp³-hybridized carbons (Fsp3) is 0.360. The number of aromatic nitrogens is 1. The monoisotopic (exact) mass is 438 g/mol. The largest absolute Gasteiger partial charge is 0.496 e. The molecule has 0 N–H and O–H groups in total. The van der Waals surface area contributed by atoms with E-state index in [-0.39, 0.29) is 0 Å². The molecule has 5 nitrogen and oxygen atoms in total. The molecule has 0 aliphatic carbocycles. The van der Waals surface area contributed by atoms with Crippen LogP contribution in [0, 0.1) is 20.8 Å². The molecular weight excluding hydrogens is 408 g/mol. The number of amides is 1. The fourth-order valence-electron chi connectivity index (χ4n) is 3.43. The molecule has 3 aromatic rings. The van der Waals surface area contributed by atoms with Crippen LogP contribution in [0.3, 0.4) is 0 Å². The van der Waals surface area contributed by atoms with E-state index < -0.39 is 11.7 Å². The van der Waals surface area contributed by atoms with Gasteiger partial charge in [0.2, 0.25) is 0 Å². The zero-order valence-corrected chi connectivity index (χ0v) is 20.1. The minimum Gasteiger partial charge on any atom is -0.496 e. The molecule has 0 aliphatic rings. The number of carbonyl (C=O) groups excluding carboxylic acids is 1. The molecule has 0 atom stereocenters. The quantitative estimate of drug-likeness (QED) is 0.445. The van der Waals surface area contributed by atoms with E-state index in [0.717, 1.165) is 38.7 Å². The molecule has 0 aliphatic heterocycles. The van der Waals surface area contributed by atoms with Gasteiger partial charge >= 0.3 is 6.09 Å². The number of thiophene rings is 1. The summed E-state index contributed by atoms with van der Waals surface area (Å²) in [6, 6.07) is 10.3. The lowest BCUT2D eigenvalue weighted by Gasteiger charge is -2.27. The topological polar surface area (TPSA) is 51.7 Å². The molecule has 0 bridgehead atoms. The van der Waals surface area contributed by atoms with Crippen LogP contribution >= 0.6 is 11.3 Å². The van der Waals surface area contributed by atoms with Gasteiger partial charge in [-0.05, 0) is 64.3 Å². The zero-order chi connectivity index (χ0) is 22.8. The maximum atomic E-state index is 13.2. The first-order valence-corrected chi connectivity index (χ1v) is 11.1. The number of methoxy groups -OCH3 is 1. The second-order valence-corrected chi connectivity index (χ2v) is 9.49. The Kier molecular flexibility index (Phi) is 6.70. The summed E-state index contributed by atoms with van der Waals surface area (Å²) >= 11 is 1.52. The van der Waals surface area contributed by atoms with Gasteiger partial charge in [-0.25, -0.2) is 4.79 Å². The maximum absolute atomic E-state index is 13.2. The summed E-state index contributed by atoms with van der Waals surface area (Å²) in [4.78, 5) is 19.4. The number of pyridine rings is 1. The Bertz CT molecular complexity index is 1080. The predicted octanol–water partition coefficient (Wildman–Crippen LogP) is 6.69. The number of rotatable bonds is 5. The average Bonchev–Trinajstić information content (AvgIpc) is 3.16. The number of hydrogen-bond acceptors (Lipinski definition) is 5. The molecule has 0 spiro atoms. The van der Waals surface area contributed by atoms with Crippen molar-refractivity contribution in [3.05, 3.63) is 64.3 Å². The highest BCUT2D eigenvalue weighted by Crippen LogP contribution is 2.35. The fourth-order valence-corrected chi connectivity index (χ4v) is 4.34. The van der Waals surface area contributed by atoms with Gasteiger partial charge in [0.1, 0.15) is 16.4 Å². The van der Waals surface area contributed by atoms with E-state index in [9.17, 15) is 4.79 Å². The van der Waals surface area contributed by atoms with Crippen molar-refractivity contribution >= 4 is 22.4 Å². The highest BCUT2D eigenvalue weighted by molar-refractivity contribution is 7.14. The second-order valence-electron chi connectivity index (χ2n) is 8.60. The lowest BCUT2D eigenvalue weighted by Crippen LogP contribution is -2.36. The third-order valence-electron chi connectivity index (χ3n) is 4.98. The molecule has 1 amide bonds. The Morgan fingerprint density at radius 3 is 2.48 bits per heavy atom. The van der Waals surface area contributed by atoms with Crippen molar-refractivity contribution in [1.29, 1.82) is 0 Å². The van der Waals surface area contributed by atoms with Crippen LogP contribution in [-0.4, -0.2) is 23.8 Å². The van der Waals surface area contributed by atoms with Crippen molar-refractivity contribution in [3.8, 4) is 16.9 Å². The van der Waals surface area contributed by atoms with Crippen molar-refractivity contribution < 1.29 is 14.3 Å². The van der Waals surface area contributed by atoms with Gasteiger partial charge in [0, 0.05) is 22.7 Å². The maximum Gasteiger partial charge on any atom is 0.415 e. The van der Waals surface area contributed by atoms with E-state index in [1.165, 1.54) is 16.9 Å². The van der Waals surface area contributed by atoms with Crippen molar-refractivity contribution in [1.82, 2.24) is 4.98 Å². The Labute approximate surface area is 188 Å². The lowest BCUT2D eigenvalue weighted by atomic mass is 10.0. The van der Waals surface area contributed by atoms with Crippen molar-refractivity contribution in [2.45, 2.75) is 53.7 Å². The molecule has 31 heavy (non-hydrogen) atoms. The number of carbonyl (C=O) groups is 1. The molecule has 3 rings (SSSR count). The van der Waals surface area contributed by atoms with E-state index in [1.807, 2.05) is 52.8 Å². The number of nitrogens with zero attached hydrogens (tertiary/aromatic N) is 2. The normalized spacial score (nSPS) is 11.3. The molecule has 0 saturated carbocycles. The van der Waals surface area contributed by atoms with E-state index in [1.54, 1.807) is 18.2 Å². The van der Waals surface area contributed by atoms with Crippen molar-refractivity contribution in [2.24, 2.45) is 0 Å². The summed E-state index contributed by atoms with van der Waals surface area (Å²) < 4.78 is 11.3. The lowest BCUT2D eigenvalue weighted by molar-refractivity contribution is 0.0578. The molecular formula is C25H30N2O3S. The zero-order valence-electron chi connectivity index (χ0n) is 19.3. The van der Waals surface area contributed by atoms with Crippen LogP contribution in [0.5, 0.6) is 5.75 Å². The van der Waals surface area contributed by atoms with Crippen LogP contribution in [0.1, 0.15) is 43.2 Å². The third kappa shape index (κ3) is 5.25. The van der Waals surface area contributed by atoms with Crippen LogP contribution in [-0.2, 0) is 11.3 Å². The first-order chi connectivity index (χ1) is 14.6. The summed E-state index contributed by atoms with van der Waals surface area (Å²) in [6.45, 7) is 11.9. The van der Waals surface area contributed by atoms with Gasteiger partial charge in [-0.2, -0.15) is 0 Å². The Morgan fingerprint density at radius 1 is 1.13 bits per heavy atom. The van der Waals surface area contributed by atoms with Crippen molar-refractivity contribution in [2.75, 3.05) is 12.0 Å². The minimum absolute atomic E-state index is 0.297. The van der Waals surface area contributed by atoms with Crippen LogP contribution in [0.25, 0.3) is 11.1 Å². The van der Waals surface area contributed by atoms with Crippen LogP contribution in [0.2, 0.25) is 0 Å². The molecule has 2 heterocycles. The summed E-state index contributed by atoms with van der Waals surface area (Å²) in [5, 5.41) is 2.89. The molecule has 2 aromatic heterocycles. The standard InChI is InChI=1S/C25H30N2O3S/c1-16-10-8-9-11-20(16)19-12-22(31-15-19)27(24(28)30-25(4,5)6)14-21-18(3)23(29-7)17(2)13-26-21/h8-13,15H,14H2,1-7H3. The number of aryl methyl sites for hydroxylation is 2. The predicted molar refractivity (Wildman–Crippen MR) is 127 cm³/mol. The highest BCUT2D eigenvalue weighted by Gasteiger charge is 2.26. The van der Waals surface area contributed by atoms with Crippen LogP contribution in [0.4, 0.5) is 9.80 Å². The average molecular weight is 439 g/mol. The van der Waals surface area contributed by atoms with Gasteiger partial charge in [-0.1, -0.05) is 24.3 Å². The SMILES string of the molecule is COc1c(C)cnc(CN(C(=O)OC(C)(C)C)c2cc(-c3ccccc3C)cs2)c1C. The van der Waals surface area contributed by atoms with Crippen LogP contribution < -0.4 is 9.64 Å². The first-order valence-electron chi connectivity index (χ1n) is 10.2. The molecule has 0 radical (unpaired) electrons. The van der Waals surface area contributed by atoms with Gasteiger partial charge in [0.15, 0.2) is 0 Å². The third-order valence-corrected chi connectivity index (χ3v) is 5.93. The Morgan fingerprint density at radius 2 is 1.84 bits per heavy atom. The van der Waals surface area contributed by atoms with Gasteiger partial charge in [-0.3, -0.25) is 9.88 Å². The smallest absolute Gasteiger partial charge is 0.415 e. The number of anilines is 1. The second kappa shape index (κ2) is 9.10. The van der Waals surface area contributed by atoms with Gasteiger partial charge in [0.25, 0.3) is 0 Å². The Balaban J connectivity index is 2.01. The van der Waals surface area contributed by atoms with E-state index in [0.29, 0.717) is 6.54 Å². The summed E-state index contributed by atoms with van der Waals surface area (Å²) in [5.74, 6) is 0.793. The summed E-state index contributed by atoms with van der Waals surface area (Å²) in [6.07, 6.45) is 1.38. The van der Waals surface area contributed by atoms with E-state index in [4.69, 9.17) is 9.47 Å². The minimum atomic E-state index is -0.598. The van der Waals surface area contributed by atoms with Gasteiger partial charge in [-0.15, -0.1) is 11.3 Å². The molecule has 0 fully saturated rings. The van der Waals surface area contributed by atoms with Gasteiger partial charge < -0.3 is 9.47 Å². The number of ether oxygens (including phenoxy) is 2. The van der Waals surface area contributed by atoms with Crippen molar-refractivity contribution in [3.63, 3.8) is 0 Å². The summed E-state index contributed by atoms with van der Waals surface area (Å²) in [7, 11) is 1.65. The van der Waals surface area contributed by atoms with Crippen LogP contribution in [0.15, 0.2) is 41.9 Å². The van der Waals surface area contributed by atoms with E-state index >= 15 is 0 Å². The highest BCUT2D eigenvalue weighted by atomic mass is 32.1. The molecule has 0 saturated heterocycles. The molecule has 164 valence electrons. The van der Waals surface area contributed by atoms with E-state index in [2.05, 4.69) is 29.4 Å². The number of benzene rings is 1. The molecule has 1 aromatic carbocycles. The summed E-state index contributed by atoms with van der Waals surface area (Å²) in [5.41, 5.74) is 5.49. The number of hydrogen-bond donors (Lipinski definition) is 0. The molecule has 6 heteroatoms. The first kappa shape index (κ1) is 22.8. The van der Waals surface area contributed by atoms with Gasteiger partial charge in [0.05, 0.1) is 19.3 Å². The molecule has 0 unspecified atom stereocenters.